The van der Waals surface area contributed by atoms with Crippen LogP contribution >= 0.6 is 11.6 Å². The van der Waals surface area contributed by atoms with Crippen LogP contribution in [0.1, 0.15) is 21.7 Å². The fourth-order valence-corrected chi connectivity index (χ4v) is 1.79. The third kappa shape index (κ3) is 2.14. The van der Waals surface area contributed by atoms with Gasteiger partial charge in [-0.15, -0.1) is 0 Å². The molecule has 0 saturated heterocycles. The number of carbonyl (C=O) groups is 1. The molecule has 0 spiro atoms. The first kappa shape index (κ1) is 11.6. The van der Waals surface area contributed by atoms with E-state index in [9.17, 15) is 4.79 Å². The normalized spacial score (nSPS) is 10.5. The highest BCUT2D eigenvalue weighted by molar-refractivity contribution is 6.32. The number of pyridine rings is 1. The van der Waals surface area contributed by atoms with E-state index in [1.807, 2.05) is 19.9 Å². The predicted octanol–water partition coefficient (Wildman–Crippen LogP) is 2.24. The number of carboxylic acids is 1. The number of aromatic carboxylic acids is 1. The molecule has 17 heavy (non-hydrogen) atoms. The molecule has 0 saturated carbocycles. The van der Waals surface area contributed by atoms with E-state index >= 15 is 0 Å². The Hall–Kier alpha value is -1.88. The molecule has 2 aromatic rings. The molecule has 0 unspecified atom stereocenters. The third-order valence-electron chi connectivity index (χ3n) is 2.28. The van der Waals surface area contributed by atoms with Gasteiger partial charge >= 0.3 is 5.97 Å². The minimum Gasteiger partial charge on any atom is -0.478 e. The van der Waals surface area contributed by atoms with Crippen LogP contribution in [0.4, 0.5) is 0 Å². The Bertz CT molecular complexity index is 592. The topological polar surface area (TPSA) is 68.0 Å². The van der Waals surface area contributed by atoms with Crippen molar-refractivity contribution in [3.63, 3.8) is 0 Å². The van der Waals surface area contributed by atoms with Gasteiger partial charge in [0.25, 0.3) is 0 Å². The first-order valence-corrected chi connectivity index (χ1v) is 5.29. The molecule has 2 rings (SSSR count). The molecule has 0 aliphatic heterocycles. The highest BCUT2D eigenvalue weighted by Gasteiger charge is 2.12. The molecule has 88 valence electrons. The zero-order valence-electron chi connectivity index (χ0n) is 9.31. The van der Waals surface area contributed by atoms with Crippen LogP contribution < -0.4 is 0 Å². The number of hydrogen-bond donors (Lipinski definition) is 1. The average Bonchev–Trinajstić information content (AvgIpc) is 2.57. The van der Waals surface area contributed by atoms with Crippen molar-refractivity contribution in [2.75, 3.05) is 0 Å². The molecule has 0 fully saturated rings. The van der Waals surface area contributed by atoms with Crippen LogP contribution in [0.5, 0.6) is 0 Å². The highest BCUT2D eigenvalue weighted by atomic mass is 35.5. The fourth-order valence-electron chi connectivity index (χ4n) is 1.55. The van der Waals surface area contributed by atoms with Crippen molar-refractivity contribution in [2.24, 2.45) is 0 Å². The summed E-state index contributed by atoms with van der Waals surface area (Å²) in [6.07, 6.45) is 1.26. The van der Waals surface area contributed by atoms with Crippen molar-refractivity contribution < 1.29 is 9.90 Å². The van der Waals surface area contributed by atoms with Crippen LogP contribution in [0.25, 0.3) is 5.82 Å². The number of halogens is 1. The maximum atomic E-state index is 10.8. The van der Waals surface area contributed by atoms with Crippen LogP contribution in [-0.2, 0) is 0 Å². The largest absolute Gasteiger partial charge is 0.478 e. The summed E-state index contributed by atoms with van der Waals surface area (Å²) in [5.41, 5.74) is 1.79. The van der Waals surface area contributed by atoms with Crippen molar-refractivity contribution in [3.8, 4) is 5.82 Å². The van der Waals surface area contributed by atoms with E-state index in [0.29, 0.717) is 5.82 Å². The van der Waals surface area contributed by atoms with Gasteiger partial charge in [-0.25, -0.2) is 14.5 Å². The Morgan fingerprint density at radius 1 is 1.41 bits per heavy atom. The third-order valence-corrected chi connectivity index (χ3v) is 2.56. The molecule has 2 heterocycles. The number of aromatic nitrogens is 3. The Morgan fingerprint density at radius 3 is 2.59 bits per heavy atom. The summed E-state index contributed by atoms with van der Waals surface area (Å²) in [7, 11) is 0. The van der Waals surface area contributed by atoms with Crippen LogP contribution in [-0.4, -0.2) is 25.8 Å². The van der Waals surface area contributed by atoms with Gasteiger partial charge in [0.05, 0.1) is 16.3 Å². The number of carboxylic acid groups (broad SMARTS) is 1. The van der Waals surface area contributed by atoms with Crippen LogP contribution in [0.15, 0.2) is 18.3 Å². The summed E-state index contributed by atoms with van der Waals surface area (Å²) in [5, 5.41) is 13.3. The number of aryl methyl sites for hydroxylation is 2. The molecule has 2 aromatic heterocycles. The second-order valence-electron chi connectivity index (χ2n) is 3.67. The van der Waals surface area contributed by atoms with Crippen LogP contribution in [0.2, 0.25) is 5.02 Å². The molecule has 0 bridgehead atoms. The summed E-state index contributed by atoms with van der Waals surface area (Å²) in [4.78, 5) is 14.8. The molecular weight excluding hydrogens is 242 g/mol. The maximum Gasteiger partial charge on any atom is 0.337 e. The maximum absolute atomic E-state index is 10.8. The Labute approximate surface area is 103 Å². The first-order chi connectivity index (χ1) is 7.99. The molecule has 0 amide bonds. The van der Waals surface area contributed by atoms with Crippen LogP contribution in [0.3, 0.4) is 0 Å². The molecule has 1 N–H and O–H groups in total. The van der Waals surface area contributed by atoms with Gasteiger partial charge < -0.3 is 5.11 Å². The van der Waals surface area contributed by atoms with Gasteiger partial charge in [-0.1, -0.05) is 11.6 Å². The van der Waals surface area contributed by atoms with E-state index < -0.39 is 5.97 Å². The van der Waals surface area contributed by atoms with Crippen LogP contribution in [0, 0.1) is 13.8 Å². The minimum absolute atomic E-state index is 0.0558. The smallest absolute Gasteiger partial charge is 0.337 e. The Balaban J connectivity index is 2.54. The van der Waals surface area contributed by atoms with E-state index in [0.717, 1.165) is 11.4 Å². The lowest BCUT2D eigenvalue weighted by Crippen LogP contribution is -2.05. The van der Waals surface area contributed by atoms with Crippen molar-refractivity contribution in [2.45, 2.75) is 13.8 Å². The second-order valence-corrected chi connectivity index (χ2v) is 4.08. The fraction of sp³-hybridized carbons (Fsp3) is 0.182. The Kier molecular flexibility index (Phi) is 2.85. The lowest BCUT2D eigenvalue weighted by atomic mass is 10.3. The number of hydrogen-bond acceptors (Lipinski definition) is 3. The van der Waals surface area contributed by atoms with Gasteiger partial charge in [0.2, 0.25) is 0 Å². The molecule has 6 heteroatoms. The second kappa shape index (κ2) is 4.18. The average molecular weight is 252 g/mol. The van der Waals surface area contributed by atoms with Crippen molar-refractivity contribution in [1.29, 1.82) is 0 Å². The summed E-state index contributed by atoms with van der Waals surface area (Å²) in [6.45, 7) is 3.74. The summed E-state index contributed by atoms with van der Waals surface area (Å²) in [5.74, 6) is -0.624. The lowest BCUT2D eigenvalue weighted by Gasteiger charge is -2.06. The molecule has 0 radical (unpaired) electrons. The Morgan fingerprint density at radius 2 is 2.12 bits per heavy atom. The summed E-state index contributed by atoms with van der Waals surface area (Å²) < 4.78 is 1.59. The summed E-state index contributed by atoms with van der Waals surface area (Å²) in [6, 6.07) is 3.26. The van der Waals surface area contributed by atoms with E-state index in [4.69, 9.17) is 16.7 Å². The van der Waals surface area contributed by atoms with E-state index in [1.54, 1.807) is 4.68 Å². The van der Waals surface area contributed by atoms with E-state index in [2.05, 4.69) is 10.1 Å². The lowest BCUT2D eigenvalue weighted by molar-refractivity contribution is 0.0696. The SMILES string of the molecule is Cc1cc(C)n(-c2ncc(C(=O)O)cc2Cl)n1. The monoisotopic (exact) mass is 251 g/mol. The molecule has 0 aliphatic rings. The molecule has 0 atom stereocenters. The summed E-state index contributed by atoms with van der Waals surface area (Å²) >= 11 is 6.00. The molecular formula is C11H10ClN3O2. The molecule has 5 nitrogen and oxygen atoms in total. The van der Waals surface area contributed by atoms with Crippen molar-refractivity contribution in [1.82, 2.24) is 14.8 Å². The molecule has 0 aromatic carbocycles. The highest BCUT2D eigenvalue weighted by Crippen LogP contribution is 2.20. The number of nitrogens with zero attached hydrogens (tertiary/aromatic N) is 3. The van der Waals surface area contributed by atoms with Gasteiger partial charge in [0.15, 0.2) is 5.82 Å². The predicted molar refractivity (Wildman–Crippen MR) is 62.8 cm³/mol. The first-order valence-electron chi connectivity index (χ1n) is 4.91. The van der Waals surface area contributed by atoms with Gasteiger partial charge in [0, 0.05) is 11.9 Å². The zero-order valence-corrected chi connectivity index (χ0v) is 10.1. The van der Waals surface area contributed by atoms with Gasteiger partial charge in [-0.3, -0.25) is 0 Å². The van der Waals surface area contributed by atoms with Crippen molar-refractivity contribution >= 4 is 17.6 Å². The van der Waals surface area contributed by atoms with Gasteiger partial charge in [-0.05, 0) is 26.0 Å². The molecule has 0 aliphatic carbocycles. The minimum atomic E-state index is -1.06. The van der Waals surface area contributed by atoms with Crippen molar-refractivity contribution in [3.05, 3.63) is 40.3 Å². The van der Waals surface area contributed by atoms with E-state index in [1.165, 1.54) is 12.3 Å². The zero-order chi connectivity index (χ0) is 12.6. The number of rotatable bonds is 2. The van der Waals surface area contributed by atoms with Gasteiger partial charge in [0.1, 0.15) is 0 Å². The standard InChI is InChI=1S/C11H10ClN3O2/c1-6-3-7(2)15(14-6)10-9(12)4-8(5-13-10)11(16)17/h3-5H,1-2H3,(H,16,17). The van der Waals surface area contributed by atoms with E-state index in [-0.39, 0.29) is 10.6 Å². The van der Waals surface area contributed by atoms with Gasteiger partial charge in [-0.2, -0.15) is 5.10 Å². The quantitative estimate of drug-likeness (QED) is 0.889.